The third-order valence-corrected chi connectivity index (χ3v) is 4.51. The van der Waals surface area contributed by atoms with E-state index in [1.165, 1.54) is 18.5 Å². The average molecular weight is 341 g/mol. The van der Waals surface area contributed by atoms with Gasteiger partial charge in [0.1, 0.15) is 5.75 Å². The molecule has 122 valence electrons. The summed E-state index contributed by atoms with van der Waals surface area (Å²) in [7, 11) is -3.68. The van der Waals surface area contributed by atoms with Crippen molar-refractivity contribution < 1.29 is 13.2 Å². The van der Waals surface area contributed by atoms with E-state index in [4.69, 9.17) is 4.74 Å². The smallest absolute Gasteiger partial charge is 0.322 e. The Bertz CT molecular complexity index is 927. The van der Waals surface area contributed by atoms with E-state index in [2.05, 4.69) is 14.7 Å². The highest BCUT2D eigenvalue weighted by Crippen LogP contribution is 2.19. The number of hydrogen-bond donors (Lipinski definition) is 1. The van der Waals surface area contributed by atoms with Crippen LogP contribution >= 0.6 is 0 Å². The molecule has 0 fully saturated rings. The second-order valence-corrected chi connectivity index (χ2v) is 6.77. The lowest BCUT2D eigenvalue weighted by Gasteiger charge is -2.08. The van der Waals surface area contributed by atoms with Crippen LogP contribution < -0.4 is 9.46 Å². The van der Waals surface area contributed by atoms with Crippen molar-refractivity contribution in [3.05, 3.63) is 72.6 Å². The standard InChI is InChI=1S/C17H15N3O3S/c1-13-6-5-9-16(10-13)24(21,22)20-14-11-18-17(19-12-14)23-15-7-3-2-4-8-15/h2-12,20H,1H3. The van der Waals surface area contributed by atoms with Crippen molar-refractivity contribution >= 4 is 15.7 Å². The van der Waals surface area contributed by atoms with Crippen LogP contribution in [0, 0.1) is 6.92 Å². The second-order valence-electron chi connectivity index (χ2n) is 5.09. The topological polar surface area (TPSA) is 81.2 Å². The number of aromatic nitrogens is 2. The summed E-state index contributed by atoms with van der Waals surface area (Å²) in [5, 5.41) is 0. The quantitative estimate of drug-likeness (QED) is 0.769. The van der Waals surface area contributed by atoms with E-state index < -0.39 is 10.0 Å². The number of aryl methyl sites for hydroxylation is 1. The Labute approximate surface area is 140 Å². The molecule has 7 heteroatoms. The first-order chi connectivity index (χ1) is 11.5. The molecule has 0 spiro atoms. The van der Waals surface area contributed by atoms with E-state index in [1.54, 1.807) is 24.3 Å². The van der Waals surface area contributed by atoms with Crippen molar-refractivity contribution in [3.8, 4) is 11.8 Å². The number of nitrogens with zero attached hydrogens (tertiary/aromatic N) is 2. The number of hydrogen-bond acceptors (Lipinski definition) is 5. The first-order valence-electron chi connectivity index (χ1n) is 7.17. The minimum atomic E-state index is -3.68. The summed E-state index contributed by atoms with van der Waals surface area (Å²) >= 11 is 0. The molecule has 1 aromatic heterocycles. The summed E-state index contributed by atoms with van der Waals surface area (Å²) in [6, 6.07) is 15.9. The van der Waals surface area contributed by atoms with Crippen molar-refractivity contribution in [1.82, 2.24) is 9.97 Å². The third kappa shape index (κ3) is 3.88. The van der Waals surface area contributed by atoms with Crippen molar-refractivity contribution in [1.29, 1.82) is 0 Å². The Morgan fingerprint density at radius 1 is 0.958 bits per heavy atom. The Kier molecular flexibility index (Phi) is 4.43. The lowest BCUT2D eigenvalue weighted by atomic mass is 10.2. The van der Waals surface area contributed by atoms with Crippen LogP contribution in [-0.2, 0) is 10.0 Å². The van der Waals surface area contributed by atoms with Crippen LogP contribution in [0.25, 0.3) is 0 Å². The zero-order valence-electron chi connectivity index (χ0n) is 12.9. The third-order valence-electron chi connectivity index (χ3n) is 3.13. The van der Waals surface area contributed by atoms with Crippen LogP contribution in [0.5, 0.6) is 11.8 Å². The lowest BCUT2D eigenvalue weighted by Crippen LogP contribution is -2.13. The lowest BCUT2D eigenvalue weighted by molar-refractivity contribution is 0.442. The Hall–Kier alpha value is -2.93. The van der Waals surface area contributed by atoms with E-state index in [9.17, 15) is 8.42 Å². The predicted molar refractivity (Wildman–Crippen MR) is 90.5 cm³/mol. The molecular formula is C17H15N3O3S. The molecule has 1 N–H and O–H groups in total. The normalized spacial score (nSPS) is 11.0. The van der Waals surface area contributed by atoms with Gasteiger partial charge in [-0.25, -0.2) is 18.4 Å². The molecule has 0 radical (unpaired) electrons. The van der Waals surface area contributed by atoms with Crippen LogP contribution in [0.4, 0.5) is 5.69 Å². The molecule has 3 rings (SSSR count). The van der Waals surface area contributed by atoms with Gasteiger partial charge in [0.05, 0.1) is 23.0 Å². The average Bonchev–Trinajstić information content (AvgIpc) is 2.57. The molecule has 0 unspecified atom stereocenters. The molecule has 3 aromatic rings. The molecule has 0 saturated carbocycles. The van der Waals surface area contributed by atoms with Gasteiger partial charge in [-0.05, 0) is 36.8 Å². The summed E-state index contributed by atoms with van der Waals surface area (Å²) in [5.74, 6) is 0.602. The van der Waals surface area contributed by atoms with Crippen LogP contribution in [0.15, 0.2) is 71.9 Å². The minimum absolute atomic E-state index is 0.139. The van der Waals surface area contributed by atoms with E-state index >= 15 is 0 Å². The van der Waals surface area contributed by atoms with Crippen LogP contribution in [0.2, 0.25) is 0 Å². The molecule has 1 heterocycles. The molecule has 24 heavy (non-hydrogen) atoms. The molecule has 0 aliphatic rings. The van der Waals surface area contributed by atoms with Crippen molar-refractivity contribution in [2.24, 2.45) is 0 Å². The Balaban J connectivity index is 1.74. The van der Waals surface area contributed by atoms with Gasteiger partial charge >= 0.3 is 6.01 Å². The predicted octanol–water partition coefficient (Wildman–Crippen LogP) is 3.38. The summed E-state index contributed by atoms with van der Waals surface area (Å²) < 4.78 is 32.6. The Morgan fingerprint density at radius 2 is 1.67 bits per heavy atom. The second kappa shape index (κ2) is 6.67. The van der Waals surface area contributed by atoms with E-state index in [0.29, 0.717) is 5.75 Å². The zero-order chi connectivity index (χ0) is 17.0. The SMILES string of the molecule is Cc1cccc(S(=O)(=O)Nc2cnc(Oc3ccccc3)nc2)c1. The number of rotatable bonds is 5. The largest absolute Gasteiger partial charge is 0.424 e. The maximum Gasteiger partial charge on any atom is 0.322 e. The van der Waals surface area contributed by atoms with Gasteiger partial charge in [-0.3, -0.25) is 4.72 Å². The van der Waals surface area contributed by atoms with Gasteiger partial charge in [-0.2, -0.15) is 0 Å². The van der Waals surface area contributed by atoms with Gasteiger partial charge in [0, 0.05) is 0 Å². The first-order valence-corrected chi connectivity index (χ1v) is 8.66. The molecule has 0 saturated heterocycles. The summed E-state index contributed by atoms with van der Waals surface area (Å²) in [6.07, 6.45) is 2.72. The summed E-state index contributed by atoms with van der Waals surface area (Å²) in [6.45, 7) is 1.83. The maximum absolute atomic E-state index is 12.3. The van der Waals surface area contributed by atoms with Gasteiger partial charge in [-0.15, -0.1) is 0 Å². The summed E-state index contributed by atoms with van der Waals surface area (Å²) in [4.78, 5) is 8.21. The van der Waals surface area contributed by atoms with Gasteiger partial charge in [-0.1, -0.05) is 30.3 Å². The molecular weight excluding hydrogens is 326 g/mol. The fourth-order valence-electron chi connectivity index (χ4n) is 2.01. The molecule has 0 amide bonds. The zero-order valence-corrected chi connectivity index (χ0v) is 13.7. The fourth-order valence-corrected chi connectivity index (χ4v) is 3.14. The van der Waals surface area contributed by atoms with E-state index in [1.807, 2.05) is 31.2 Å². The minimum Gasteiger partial charge on any atom is -0.424 e. The molecule has 2 aromatic carbocycles. The van der Waals surface area contributed by atoms with Crippen LogP contribution in [0.1, 0.15) is 5.56 Å². The number of ether oxygens (including phenoxy) is 1. The summed E-state index contributed by atoms with van der Waals surface area (Å²) in [5.41, 5.74) is 1.12. The molecule has 0 aliphatic carbocycles. The number of para-hydroxylation sites is 1. The monoisotopic (exact) mass is 341 g/mol. The highest BCUT2D eigenvalue weighted by molar-refractivity contribution is 7.92. The number of nitrogens with one attached hydrogen (secondary N) is 1. The van der Waals surface area contributed by atoms with Gasteiger partial charge in [0.15, 0.2) is 0 Å². The number of benzene rings is 2. The maximum atomic E-state index is 12.3. The van der Waals surface area contributed by atoms with Gasteiger partial charge in [0.25, 0.3) is 10.0 Å². The van der Waals surface area contributed by atoms with Crippen molar-refractivity contribution in [3.63, 3.8) is 0 Å². The van der Waals surface area contributed by atoms with Gasteiger partial charge < -0.3 is 4.74 Å². The number of anilines is 1. The first kappa shape index (κ1) is 15.9. The fraction of sp³-hybridized carbons (Fsp3) is 0.0588. The highest BCUT2D eigenvalue weighted by atomic mass is 32.2. The number of sulfonamides is 1. The molecule has 0 atom stereocenters. The molecule has 0 aliphatic heterocycles. The van der Waals surface area contributed by atoms with Crippen LogP contribution in [-0.4, -0.2) is 18.4 Å². The van der Waals surface area contributed by atoms with Crippen molar-refractivity contribution in [2.45, 2.75) is 11.8 Å². The molecule has 6 nitrogen and oxygen atoms in total. The van der Waals surface area contributed by atoms with E-state index in [-0.39, 0.29) is 16.6 Å². The highest BCUT2D eigenvalue weighted by Gasteiger charge is 2.14. The molecule has 0 bridgehead atoms. The van der Waals surface area contributed by atoms with Gasteiger partial charge in [0.2, 0.25) is 0 Å². The van der Waals surface area contributed by atoms with Crippen LogP contribution in [0.3, 0.4) is 0 Å². The van der Waals surface area contributed by atoms with Crippen molar-refractivity contribution in [2.75, 3.05) is 4.72 Å². The Morgan fingerprint density at radius 3 is 2.33 bits per heavy atom. The van der Waals surface area contributed by atoms with E-state index in [0.717, 1.165) is 5.56 Å².